The minimum atomic E-state index is -0.968. The molecule has 53 heavy (non-hydrogen) atoms. The maximum atomic E-state index is 9.88. The third kappa shape index (κ3) is 8.20. The number of rotatable bonds is 17. The average molecular weight is 742 g/mol. The van der Waals surface area contributed by atoms with Gasteiger partial charge in [-0.05, 0) is 103 Å². The molecule has 3 aromatic carbocycles. The fourth-order valence-corrected chi connectivity index (χ4v) is 10.2. The molecule has 7 atom stereocenters. The Morgan fingerprint density at radius 3 is 2.53 bits per heavy atom. The Balaban J connectivity index is 1.36. The van der Waals surface area contributed by atoms with E-state index in [1.807, 2.05) is 42.1 Å². The van der Waals surface area contributed by atoms with Gasteiger partial charge in [0.2, 0.25) is 12.1 Å². The molecular formula is C44H55NO7S. The van der Waals surface area contributed by atoms with Crippen LogP contribution >= 0.6 is 11.8 Å². The zero-order chi connectivity index (χ0) is 36.6. The molecule has 7 rings (SSSR count). The fourth-order valence-electron chi connectivity index (χ4n) is 9.02. The van der Waals surface area contributed by atoms with Crippen molar-refractivity contribution in [1.82, 2.24) is 0 Å². The van der Waals surface area contributed by atoms with E-state index < -0.39 is 5.79 Å². The Hall–Kier alpha value is -3.34. The number of aliphatic hydroxyl groups is 2. The topological polar surface area (TPSA) is 99.0 Å². The number of ether oxygens (including phenoxy) is 4. The van der Waals surface area contributed by atoms with Crippen molar-refractivity contribution >= 4 is 28.2 Å². The molecule has 8 nitrogen and oxygen atoms in total. The van der Waals surface area contributed by atoms with E-state index in [1.165, 1.54) is 5.39 Å². The number of fused-ring (bicyclic) bond motifs is 3. The maximum absolute atomic E-state index is 9.88. The largest absolute Gasteiger partial charge is 0.460 e. The summed E-state index contributed by atoms with van der Waals surface area (Å²) in [5.41, 5.74) is 3.17. The molecule has 1 saturated heterocycles. The maximum Gasteiger partial charge on any atom is 0.230 e. The van der Waals surface area contributed by atoms with Crippen molar-refractivity contribution in [3.8, 4) is 17.2 Å². The van der Waals surface area contributed by atoms with Gasteiger partial charge in [0.1, 0.15) is 17.2 Å². The Morgan fingerprint density at radius 1 is 0.962 bits per heavy atom. The molecule has 0 bridgehead atoms. The number of thioether (sulfide) groups is 1. The lowest BCUT2D eigenvalue weighted by Gasteiger charge is -2.58. The van der Waals surface area contributed by atoms with Crippen molar-refractivity contribution in [2.75, 3.05) is 32.2 Å². The van der Waals surface area contributed by atoms with Crippen LogP contribution in [-0.4, -0.2) is 65.4 Å². The van der Waals surface area contributed by atoms with Gasteiger partial charge in [-0.15, -0.1) is 6.58 Å². The second-order valence-corrected chi connectivity index (χ2v) is 16.2. The summed E-state index contributed by atoms with van der Waals surface area (Å²) in [7, 11) is 0. The van der Waals surface area contributed by atoms with Crippen LogP contribution in [0.4, 0.5) is 0 Å². The molecule has 3 aromatic rings. The Labute approximate surface area is 318 Å². The first-order valence-corrected chi connectivity index (χ1v) is 20.8. The summed E-state index contributed by atoms with van der Waals surface area (Å²) in [5.74, 6) is 2.56. The van der Waals surface area contributed by atoms with E-state index in [2.05, 4.69) is 56.0 Å². The molecule has 284 valence electrons. The SMILES string of the molecule is C=CCO[C@@]12Oc3ccc(Oc4ccc5ccccc5c4)cc3[C@H]3[C@H](CCCCO)[C@@H](CCCCO)C=C(C(=NOC4CCCCO4)C[C@@H]1SCC)[C@H]32. The summed E-state index contributed by atoms with van der Waals surface area (Å²) in [6.07, 6.45) is 12.7. The van der Waals surface area contributed by atoms with E-state index in [1.54, 1.807) is 0 Å². The number of aliphatic hydroxyl groups excluding tert-OH is 2. The van der Waals surface area contributed by atoms with Gasteiger partial charge in [0.25, 0.3) is 0 Å². The van der Waals surface area contributed by atoms with Crippen molar-refractivity contribution in [2.45, 2.75) is 94.4 Å². The number of hydrogen-bond acceptors (Lipinski definition) is 9. The monoisotopic (exact) mass is 741 g/mol. The molecule has 4 aliphatic rings. The molecule has 0 aromatic heterocycles. The van der Waals surface area contributed by atoms with Crippen LogP contribution in [0.25, 0.3) is 10.8 Å². The zero-order valence-corrected chi connectivity index (χ0v) is 31.8. The van der Waals surface area contributed by atoms with E-state index >= 15 is 0 Å². The minimum Gasteiger partial charge on any atom is -0.460 e. The smallest absolute Gasteiger partial charge is 0.230 e. The highest BCUT2D eigenvalue weighted by atomic mass is 32.2. The molecule has 0 amide bonds. The van der Waals surface area contributed by atoms with Crippen LogP contribution in [0.1, 0.15) is 82.6 Å². The number of nitrogens with zero attached hydrogens (tertiary/aromatic N) is 1. The summed E-state index contributed by atoms with van der Waals surface area (Å²) in [6.45, 7) is 7.59. The highest BCUT2D eigenvalue weighted by molar-refractivity contribution is 8.00. The van der Waals surface area contributed by atoms with Crippen molar-refractivity contribution < 1.29 is 34.0 Å². The number of benzene rings is 3. The van der Waals surface area contributed by atoms with Crippen LogP contribution in [0.3, 0.4) is 0 Å². The zero-order valence-electron chi connectivity index (χ0n) is 31.0. The lowest BCUT2D eigenvalue weighted by Crippen LogP contribution is -2.64. The van der Waals surface area contributed by atoms with Gasteiger partial charge in [0, 0.05) is 37.5 Å². The number of allylic oxidation sites excluding steroid dienone is 1. The number of oxime groups is 1. The standard InChI is InChI=1S/C44H55NO7S/c1-3-24-49-44-40(53-4-2)29-38(45-52-41-17-9-12-25-48-41)36-27-32(15-7-10-22-46)35(16-8-11-23-47)42(43(36)44)37-28-34(20-21-39(37)51-44)50-33-19-18-30-13-5-6-14-31(30)26-33/h3,5-6,13-14,18-21,26-28,32,35,40-43,46-47H,1,4,7-12,15-17,22-25,29H2,2H3/t32-,35+,40-,41?,42+,43+,44+/m0/s1. The lowest BCUT2D eigenvalue weighted by atomic mass is 9.56. The summed E-state index contributed by atoms with van der Waals surface area (Å²) < 4.78 is 26.8. The Morgan fingerprint density at radius 2 is 1.75 bits per heavy atom. The second kappa shape index (κ2) is 17.9. The van der Waals surface area contributed by atoms with E-state index in [0.717, 1.165) is 103 Å². The summed E-state index contributed by atoms with van der Waals surface area (Å²) in [5, 5.41) is 26.8. The van der Waals surface area contributed by atoms with Gasteiger partial charge in [-0.25, -0.2) is 0 Å². The van der Waals surface area contributed by atoms with Crippen molar-refractivity contribution in [3.05, 3.63) is 90.5 Å². The van der Waals surface area contributed by atoms with Crippen LogP contribution < -0.4 is 9.47 Å². The van der Waals surface area contributed by atoms with Gasteiger partial charge in [-0.3, -0.25) is 0 Å². The Bertz CT molecular complexity index is 1750. The average Bonchev–Trinajstić information content (AvgIpc) is 3.19. The van der Waals surface area contributed by atoms with Gasteiger partial charge >= 0.3 is 0 Å². The normalized spacial score (nSPS) is 28.4. The van der Waals surface area contributed by atoms with Crippen molar-refractivity contribution in [3.63, 3.8) is 0 Å². The lowest BCUT2D eigenvalue weighted by molar-refractivity contribution is -0.223. The van der Waals surface area contributed by atoms with Crippen LogP contribution in [0.5, 0.6) is 17.2 Å². The molecule has 1 saturated carbocycles. The second-order valence-electron chi connectivity index (χ2n) is 14.7. The summed E-state index contributed by atoms with van der Waals surface area (Å²) in [4.78, 5) is 6.20. The van der Waals surface area contributed by atoms with Gasteiger partial charge in [0.15, 0.2) is 0 Å². The first kappa shape index (κ1) is 38.0. The molecule has 2 aliphatic carbocycles. The van der Waals surface area contributed by atoms with Crippen LogP contribution in [0.15, 0.2) is 90.1 Å². The van der Waals surface area contributed by atoms with E-state index in [-0.39, 0.29) is 48.4 Å². The highest BCUT2D eigenvalue weighted by Gasteiger charge is 2.63. The van der Waals surface area contributed by atoms with Gasteiger partial charge in [-0.1, -0.05) is 67.4 Å². The molecule has 2 N–H and O–H groups in total. The van der Waals surface area contributed by atoms with Crippen LogP contribution in [0, 0.1) is 17.8 Å². The van der Waals surface area contributed by atoms with Gasteiger partial charge < -0.3 is 34.0 Å². The van der Waals surface area contributed by atoms with E-state index in [0.29, 0.717) is 19.6 Å². The van der Waals surface area contributed by atoms with Crippen molar-refractivity contribution in [2.24, 2.45) is 22.9 Å². The Kier molecular flexibility index (Phi) is 12.8. The molecule has 2 heterocycles. The first-order valence-electron chi connectivity index (χ1n) is 19.7. The van der Waals surface area contributed by atoms with Gasteiger partial charge in [0.05, 0.1) is 30.1 Å². The number of hydrogen-bond donors (Lipinski definition) is 2. The molecule has 0 spiro atoms. The van der Waals surface area contributed by atoms with Crippen LogP contribution in [0.2, 0.25) is 0 Å². The third-order valence-corrected chi connectivity index (χ3v) is 12.6. The fraction of sp³-hybridized carbons (Fsp3) is 0.523. The number of unbranched alkanes of at least 4 members (excludes halogenated alkanes) is 2. The summed E-state index contributed by atoms with van der Waals surface area (Å²) in [6, 6.07) is 20.8. The van der Waals surface area contributed by atoms with E-state index in [9.17, 15) is 10.2 Å². The van der Waals surface area contributed by atoms with Crippen molar-refractivity contribution in [1.29, 1.82) is 0 Å². The van der Waals surface area contributed by atoms with Gasteiger partial charge in [-0.2, -0.15) is 11.8 Å². The quantitative estimate of drug-likeness (QED) is 0.0802. The molecule has 2 aliphatic heterocycles. The molecule has 9 heteroatoms. The molecule has 1 unspecified atom stereocenters. The third-order valence-electron chi connectivity index (χ3n) is 11.4. The highest BCUT2D eigenvalue weighted by Crippen LogP contribution is 2.62. The molecular weight excluding hydrogens is 687 g/mol. The summed E-state index contributed by atoms with van der Waals surface area (Å²) >= 11 is 1.85. The van der Waals surface area contributed by atoms with Crippen LogP contribution in [-0.2, 0) is 14.3 Å². The first-order chi connectivity index (χ1) is 26.1. The minimum absolute atomic E-state index is 0.0120. The molecule has 2 fully saturated rings. The molecule has 0 radical (unpaired) electrons. The van der Waals surface area contributed by atoms with E-state index in [4.69, 9.17) is 28.9 Å². The predicted octanol–water partition coefficient (Wildman–Crippen LogP) is 9.55. The predicted molar refractivity (Wildman–Crippen MR) is 212 cm³/mol.